The van der Waals surface area contributed by atoms with E-state index in [-0.39, 0.29) is 10.8 Å². The monoisotopic (exact) mass is 367 g/mol. The Kier molecular flexibility index (Phi) is 5.27. The fraction of sp³-hybridized carbons (Fsp3) is 0.500. The number of sulfonamides is 1. The zero-order chi connectivity index (χ0) is 17.2. The van der Waals surface area contributed by atoms with Gasteiger partial charge in [0.2, 0.25) is 10.0 Å². The van der Waals surface area contributed by atoms with Gasteiger partial charge in [0.1, 0.15) is 0 Å². The summed E-state index contributed by atoms with van der Waals surface area (Å²) in [6, 6.07) is 4.82. The number of thioether (sulfide) groups is 1. The number of hydrogen-bond donors (Lipinski definition) is 1. The molecule has 24 heavy (non-hydrogen) atoms. The summed E-state index contributed by atoms with van der Waals surface area (Å²) in [6.45, 7) is 3.55. The molecule has 0 unspecified atom stereocenters. The minimum absolute atomic E-state index is 0.220. The van der Waals surface area contributed by atoms with Crippen molar-refractivity contribution < 1.29 is 13.2 Å². The molecule has 2 aliphatic heterocycles. The first-order valence-electron chi connectivity index (χ1n) is 8.08. The highest BCUT2D eigenvalue weighted by molar-refractivity contribution is 8.14. The molecule has 2 heterocycles. The van der Waals surface area contributed by atoms with E-state index in [0.29, 0.717) is 35.9 Å². The molecule has 2 aliphatic rings. The molecule has 1 aromatic rings. The van der Waals surface area contributed by atoms with Crippen molar-refractivity contribution in [2.24, 2.45) is 4.99 Å². The Morgan fingerprint density at radius 1 is 1.25 bits per heavy atom. The SMILES string of the molecule is Cc1ccc(C(=O)NC2=NCCS2)cc1S(=O)(=O)N1CCCCC1. The van der Waals surface area contributed by atoms with E-state index >= 15 is 0 Å². The van der Waals surface area contributed by atoms with E-state index in [4.69, 9.17) is 0 Å². The zero-order valence-corrected chi connectivity index (χ0v) is 15.3. The number of hydrogen-bond acceptors (Lipinski definition) is 5. The van der Waals surface area contributed by atoms with Crippen LogP contribution in [-0.4, -0.2) is 49.2 Å². The van der Waals surface area contributed by atoms with E-state index in [0.717, 1.165) is 25.0 Å². The second-order valence-corrected chi connectivity index (χ2v) is 8.92. The van der Waals surface area contributed by atoms with Crippen molar-refractivity contribution in [2.45, 2.75) is 31.1 Å². The number of carbonyl (C=O) groups excluding carboxylic acids is 1. The topological polar surface area (TPSA) is 78.8 Å². The van der Waals surface area contributed by atoms with Crippen molar-refractivity contribution in [3.63, 3.8) is 0 Å². The average Bonchev–Trinajstić information content (AvgIpc) is 3.09. The molecule has 1 N–H and O–H groups in total. The second-order valence-electron chi connectivity index (χ2n) is 5.93. The van der Waals surface area contributed by atoms with Crippen molar-refractivity contribution in [3.05, 3.63) is 29.3 Å². The Labute approximate surface area is 146 Å². The first-order valence-corrected chi connectivity index (χ1v) is 10.5. The molecule has 6 nitrogen and oxygen atoms in total. The number of carbonyl (C=O) groups is 1. The van der Waals surface area contributed by atoms with Gasteiger partial charge in [0.25, 0.3) is 5.91 Å². The molecule has 0 saturated carbocycles. The molecule has 1 saturated heterocycles. The van der Waals surface area contributed by atoms with Crippen LogP contribution in [0.3, 0.4) is 0 Å². The van der Waals surface area contributed by atoms with Crippen LogP contribution in [-0.2, 0) is 10.0 Å². The smallest absolute Gasteiger partial charge is 0.257 e. The summed E-state index contributed by atoms with van der Waals surface area (Å²) < 4.78 is 27.3. The number of amidine groups is 1. The minimum atomic E-state index is -3.56. The second kappa shape index (κ2) is 7.25. The Morgan fingerprint density at radius 2 is 2.00 bits per heavy atom. The highest BCUT2D eigenvalue weighted by Crippen LogP contribution is 2.24. The first kappa shape index (κ1) is 17.4. The van der Waals surface area contributed by atoms with Gasteiger partial charge in [-0.15, -0.1) is 0 Å². The Bertz CT molecular complexity index is 769. The molecule has 0 aliphatic carbocycles. The van der Waals surface area contributed by atoms with Gasteiger partial charge >= 0.3 is 0 Å². The summed E-state index contributed by atoms with van der Waals surface area (Å²) in [6.07, 6.45) is 2.83. The summed E-state index contributed by atoms with van der Waals surface area (Å²) in [7, 11) is -3.56. The van der Waals surface area contributed by atoms with Gasteiger partial charge in [-0.3, -0.25) is 9.79 Å². The van der Waals surface area contributed by atoms with Crippen molar-refractivity contribution in [1.82, 2.24) is 9.62 Å². The van der Waals surface area contributed by atoms with Crippen LogP contribution < -0.4 is 5.32 Å². The highest BCUT2D eigenvalue weighted by Gasteiger charge is 2.28. The fourth-order valence-electron chi connectivity index (χ4n) is 2.84. The highest BCUT2D eigenvalue weighted by atomic mass is 32.2. The summed E-state index contributed by atoms with van der Waals surface area (Å²) in [5.74, 6) is 0.538. The lowest BCUT2D eigenvalue weighted by atomic mass is 10.1. The molecule has 130 valence electrons. The first-order chi connectivity index (χ1) is 11.5. The number of aliphatic imine (C=N–C) groups is 1. The number of nitrogens with one attached hydrogen (secondary N) is 1. The molecule has 8 heteroatoms. The van der Waals surface area contributed by atoms with Crippen molar-refractivity contribution in [3.8, 4) is 0 Å². The fourth-order valence-corrected chi connectivity index (χ4v) is 5.33. The number of amides is 1. The van der Waals surface area contributed by atoms with Gasteiger partial charge in [-0.05, 0) is 37.5 Å². The van der Waals surface area contributed by atoms with Crippen molar-refractivity contribution >= 4 is 32.9 Å². The van der Waals surface area contributed by atoms with Gasteiger partial charge in [0, 0.05) is 24.4 Å². The normalized spacial score (nSPS) is 19.1. The van der Waals surface area contributed by atoms with Crippen molar-refractivity contribution in [1.29, 1.82) is 0 Å². The summed E-state index contributed by atoms with van der Waals surface area (Å²) in [4.78, 5) is 16.8. The van der Waals surface area contributed by atoms with Gasteiger partial charge in [-0.1, -0.05) is 24.2 Å². The van der Waals surface area contributed by atoms with Gasteiger partial charge in [0.15, 0.2) is 5.17 Å². The lowest BCUT2D eigenvalue weighted by molar-refractivity contribution is 0.0977. The number of rotatable bonds is 3. The minimum Gasteiger partial charge on any atom is -0.301 e. The van der Waals surface area contributed by atoms with Crippen LogP contribution in [0.25, 0.3) is 0 Å². The number of benzene rings is 1. The predicted molar refractivity (Wildman–Crippen MR) is 96.0 cm³/mol. The van der Waals surface area contributed by atoms with Gasteiger partial charge in [-0.2, -0.15) is 4.31 Å². The van der Waals surface area contributed by atoms with Gasteiger partial charge in [0.05, 0.1) is 11.4 Å². The van der Waals surface area contributed by atoms with Crippen LogP contribution in [0.15, 0.2) is 28.1 Å². The molecule has 1 fully saturated rings. The third-order valence-corrected chi connectivity index (χ3v) is 7.12. The van der Waals surface area contributed by atoms with Crippen LogP contribution >= 0.6 is 11.8 Å². The van der Waals surface area contributed by atoms with E-state index in [2.05, 4.69) is 10.3 Å². The van der Waals surface area contributed by atoms with Crippen LogP contribution in [0.4, 0.5) is 0 Å². The summed E-state index contributed by atoms with van der Waals surface area (Å²) >= 11 is 1.49. The van der Waals surface area contributed by atoms with E-state index in [9.17, 15) is 13.2 Å². The number of aryl methyl sites for hydroxylation is 1. The average molecular weight is 367 g/mol. The van der Waals surface area contributed by atoms with E-state index in [1.165, 1.54) is 22.1 Å². The third-order valence-electron chi connectivity index (χ3n) is 4.19. The van der Waals surface area contributed by atoms with Crippen LogP contribution in [0.2, 0.25) is 0 Å². The summed E-state index contributed by atoms with van der Waals surface area (Å²) in [5.41, 5.74) is 0.996. The quantitative estimate of drug-likeness (QED) is 0.886. The maximum atomic E-state index is 12.9. The summed E-state index contributed by atoms with van der Waals surface area (Å²) in [5, 5.41) is 3.34. The maximum Gasteiger partial charge on any atom is 0.257 e. The molecule has 1 amide bonds. The molecular weight excluding hydrogens is 346 g/mol. The number of nitrogens with zero attached hydrogens (tertiary/aromatic N) is 2. The van der Waals surface area contributed by atoms with Gasteiger partial charge < -0.3 is 5.32 Å². The molecule has 3 rings (SSSR count). The lowest BCUT2D eigenvalue weighted by Gasteiger charge is -2.26. The standard InChI is InChI=1S/C16H21N3O3S2/c1-12-5-6-13(15(20)18-16-17-7-10-23-16)11-14(12)24(21,22)19-8-3-2-4-9-19/h5-6,11H,2-4,7-10H2,1H3,(H,17,18,20). The van der Waals surface area contributed by atoms with Gasteiger partial charge in [-0.25, -0.2) is 8.42 Å². The lowest BCUT2D eigenvalue weighted by Crippen LogP contribution is -2.36. The van der Waals surface area contributed by atoms with Crippen LogP contribution in [0.5, 0.6) is 0 Å². The molecule has 0 spiro atoms. The Balaban J connectivity index is 1.86. The Hall–Kier alpha value is -1.38. The molecule has 1 aromatic carbocycles. The molecule has 0 bridgehead atoms. The predicted octanol–water partition coefficient (Wildman–Crippen LogP) is 2.00. The molecule has 0 atom stereocenters. The van der Waals surface area contributed by atoms with Crippen LogP contribution in [0, 0.1) is 6.92 Å². The molecule has 0 radical (unpaired) electrons. The molecular formula is C16H21N3O3S2. The van der Waals surface area contributed by atoms with E-state index in [1.807, 2.05) is 0 Å². The van der Waals surface area contributed by atoms with Crippen molar-refractivity contribution in [2.75, 3.05) is 25.4 Å². The van der Waals surface area contributed by atoms with E-state index < -0.39 is 10.0 Å². The zero-order valence-electron chi connectivity index (χ0n) is 13.6. The largest absolute Gasteiger partial charge is 0.301 e. The van der Waals surface area contributed by atoms with E-state index in [1.54, 1.807) is 19.1 Å². The maximum absolute atomic E-state index is 12.9. The number of piperidine rings is 1. The van der Waals surface area contributed by atoms with Crippen LogP contribution in [0.1, 0.15) is 35.2 Å². The molecule has 0 aromatic heterocycles. The Morgan fingerprint density at radius 3 is 2.67 bits per heavy atom. The third kappa shape index (κ3) is 3.65.